The Balaban J connectivity index is 1.69. The lowest BCUT2D eigenvalue weighted by atomic mass is 10.1. The van der Waals surface area contributed by atoms with Crippen LogP contribution in [0.5, 0.6) is 0 Å². The van der Waals surface area contributed by atoms with E-state index in [9.17, 15) is 4.79 Å². The van der Waals surface area contributed by atoms with Gasteiger partial charge in [-0.3, -0.25) is 0 Å². The number of fused-ring (bicyclic) bond motifs is 1. The third-order valence-corrected chi connectivity index (χ3v) is 5.54. The average molecular weight is 377 g/mol. The van der Waals surface area contributed by atoms with E-state index in [1.807, 2.05) is 20.8 Å². The quantitative estimate of drug-likeness (QED) is 0.875. The maximum Gasteiger partial charge on any atom is 0.407 e. The number of ether oxygens (including phenoxy) is 1. The van der Waals surface area contributed by atoms with Gasteiger partial charge in [0, 0.05) is 25.6 Å². The molecule has 0 unspecified atom stereocenters. The predicted octanol–water partition coefficient (Wildman–Crippen LogP) is 4.06. The molecule has 0 saturated carbocycles. The number of nitrogens with zero attached hydrogens (tertiary/aromatic N) is 3. The summed E-state index contributed by atoms with van der Waals surface area (Å²) in [6, 6.07) is 0.147. The first-order valence-electron chi connectivity index (χ1n) is 9.26. The molecule has 1 aliphatic rings. The molecule has 26 heavy (non-hydrogen) atoms. The number of alkyl carbamates (subject to hydrolysis) is 1. The van der Waals surface area contributed by atoms with Gasteiger partial charge in [-0.1, -0.05) is 6.92 Å². The van der Waals surface area contributed by atoms with Crippen LogP contribution in [-0.4, -0.2) is 40.8 Å². The molecule has 0 bridgehead atoms. The predicted molar refractivity (Wildman–Crippen MR) is 106 cm³/mol. The van der Waals surface area contributed by atoms with Crippen molar-refractivity contribution in [3.8, 4) is 0 Å². The molecule has 0 atom stereocenters. The highest BCUT2D eigenvalue weighted by Gasteiger charge is 2.26. The zero-order chi connectivity index (χ0) is 18.9. The number of hydrogen-bond donors (Lipinski definition) is 1. The molecule has 6 nitrogen and oxygen atoms in total. The van der Waals surface area contributed by atoms with Crippen LogP contribution in [0.2, 0.25) is 0 Å². The standard InChI is InChI=1S/C19H28N4O2S/c1-6-14-21-15-12(2)11-26-16(15)17(22-14)23-9-7-13(8-10-23)20-18(24)25-19(3,4)5/h11,13H,6-10H2,1-5H3,(H,20,24). The van der Waals surface area contributed by atoms with E-state index in [1.54, 1.807) is 11.3 Å². The van der Waals surface area contributed by atoms with E-state index in [4.69, 9.17) is 14.7 Å². The minimum atomic E-state index is -0.467. The largest absolute Gasteiger partial charge is 0.444 e. The number of aryl methyl sites for hydroxylation is 2. The maximum atomic E-state index is 12.0. The van der Waals surface area contributed by atoms with Crippen molar-refractivity contribution >= 4 is 33.5 Å². The smallest absolute Gasteiger partial charge is 0.407 e. The van der Waals surface area contributed by atoms with Crippen LogP contribution >= 0.6 is 11.3 Å². The molecule has 142 valence electrons. The molecule has 3 rings (SSSR count). The summed E-state index contributed by atoms with van der Waals surface area (Å²) in [5, 5.41) is 5.15. The molecule has 3 heterocycles. The van der Waals surface area contributed by atoms with Crippen LogP contribution < -0.4 is 10.2 Å². The summed E-state index contributed by atoms with van der Waals surface area (Å²) in [5.74, 6) is 1.93. The van der Waals surface area contributed by atoms with Gasteiger partial charge < -0.3 is 15.0 Å². The highest BCUT2D eigenvalue weighted by Crippen LogP contribution is 2.33. The second-order valence-electron chi connectivity index (χ2n) is 7.82. The molecule has 0 spiro atoms. The van der Waals surface area contributed by atoms with Crippen LogP contribution in [0.3, 0.4) is 0 Å². The number of amides is 1. The Kier molecular flexibility index (Phi) is 5.37. The molecule has 2 aromatic heterocycles. The Morgan fingerprint density at radius 1 is 1.35 bits per heavy atom. The Hall–Kier alpha value is -1.89. The lowest BCUT2D eigenvalue weighted by Crippen LogP contribution is -2.46. The summed E-state index contributed by atoms with van der Waals surface area (Å²) in [4.78, 5) is 23.8. The summed E-state index contributed by atoms with van der Waals surface area (Å²) in [6.07, 6.45) is 2.27. The Morgan fingerprint density at radius 2 is 2.04 bits per heavy atom. The van der Waals surface area contributed by atoms with Gasteiger partial charge >= 0.3 is 6.09 Å². The van der Waals surface area contributed by atoms with Gasteiger partial charge in [-0.25, -0.2) is 14.8 Å². The van der Waals surface area contributed by atoms with Crippen molar-refractivity contribution in [3.63, 3.8) is 0 Å². The molecule has 1 saturated heterocycles. The number of carbonyl (C=O) groups is 1. The van der Waals surface area contributed by atoms with Crippen LogP contribution in [0.4, 0.5) is 10.6 Å². The summed E-state index contributed by atoms with van der Waals surface area (Å²) < 4.78 is 6.53. The molecule has 2 aromatic rings. The van der Waals surface area contributed by atoms with Gasteiger partial charge in [-0.2, -0.15) is 0 Å². The third kappa shape index (κ3) is 4.26. The van der Waals surface area contributed by atoms with Gasteiger partial charge in [0.2, 0.25) is 0 Å². The molecule has 7 heteroatoms. The third-order valence-electron chi connectivity index (χ3n) is 4.45. The first kappa shape index (κ1) is 18.9. The number of thiophene rings is 1. The normalized spacial score (nSPS) is 16.1. The Bertz CT molecular complexity index is 789. The summed E-state index contributed by atoms with van der Waals surface area (Å²) >= 11 is 1.71. The van der Waals surface area contributed by atoms with Crippen LogP contribution in [-0.2, 0) is 11.2 Å². The molecule has 0 aromatic carbocycles. The minimum absolute atomic E-state index is 0.147. The Labute approximate surface area is 159 Å². The van der Waals surface area contributed by atoms with Crippen LogP contribution in [0.1, 0.15) is 51.9 Å². The fourth-order valence-corrected chi connectivity index (χ4v) is 4.15. The van der Waals surface area contributed by atoms with Crippen LogP contribution in [0.25, 0.3) is 10.2 Å². The summed E-state index contributed by atoms with van der Waals surface area (Å²) in [5.41, 5.74) is 1.82. The number of rotatable bonds is 3. The maximum absolute atomic E-state index is 12.0. The van der Waals surface area contributed by atoms with E-state index in [0.29, 0.717) is 0 Å². The van der Waals surface area contributed by atoms with Crippen molar-refractivity contribution in [1.29, 1.82) is 0 Å². The van der Waals surface area contributed by atoms with Crippen molar-refractivity contribution in [2.75, 3.05) is 18.0 Å². The van der Waals surface area contributed by atoms with Gasteiger partial charge in [0.25, 0.3) is 0 Å². The van der Waals surface area contributed by atoms with E-state index in [2.05, 4.69) is 29.4 Å². The molecule has 0 radical (unpaired) electrons. The molecule has 1 amide bonds. The van der Waals surface area contributed by atoms with Crippen molar-refractivity contribution in [1.82, 2.24) is 15.3 Å². The molecule has 0 aliphatic carbocycles. The van der Waals surface area contributed by atoms with Gasteiger partial charge in [0.05, 0.1) is 10.2 Å². The van der Waals surface area contributed by atoms with Crippen molar-refractivity contribution in [3.05, 3.63) is 16.8 Å². The van der Waals surface area contributed by atoms with Crippen molar-refractivity contribution in [2.24, 2.45) is 0 Å². The van der Waals surface area contributed by atoms with Gasteiger partial charge in [0.15, 0.2) is 0 Å². The number of piperidine rings is 1. The molecular weight excluding hydrogens is 348 g/mol. The first-order valence-corrected chi connectivity index (χ1v) is 10.1. The second-order valence-corrected chi connectivity index (χ2v) is 8.70. The number of aromatic nitrogens is 2. The monoisotopic (exact) mass is 376 g/mol. The van der Waals surface area contributed by atoms with E-state index in [0.717, 1.165) is 49.5 Å². The van der Waals surface area contributed by atoms with Crippen LogP contribution in [0.15, 0.2) is 5.38 Å². The van der Waals surface area contributed by atoms with E-state index in [1.165, 1.54) is 10.3 Å². The lowest BCUT2D eigenvalue weighted by Gasteiger charge is -2.33. The number of nitrogens with one attached hydrogen (secondary N) is 1. The number of carbonyl (C=O) groups excluding carboxylic acids is 1. The van der Waals surface area contributed by atoms with Crippen molar-refractivity contribution in [2.45, 2.75) is 65.5 Å². The topological polar surface area (TPSA) is 67.4 Å². The highest BCUT2D eigenvalue weighted by atomic mass is 32.1. The zero-order valence-corrected chi connectivity index (χ0v) is 17.1. The fraction of sp³-hybridized carbons (Fsp3) is 0.632. The minimum Gasteiger partial charge on any atom is -0.444 e. The highest BCUT2D eigenvalue weighted by molar-refractivity contribution is 7.18. The zero-order valence-electron chi connectivity index (χ0n) is 16.3. The van der Waals surface area contributed by atoms with E-state index < -0.39 is 5.60 Å². The molecule has 1 N–H and O–H groups in total. The second kappa shape index (κ2) is 7.39. The SMILES string of the molecule is CCc1nc(N2CCC(NC(=O)OC(C)(C)C)CC2)c2scc(C)c2n1. The molecular formula is C19H28N4O2S. The van der Waals surface area contributed by atoms with E-state index >= 15 is 0 Å². The van der Waals surface area contributed by atoms with Crippen molar-refractivity contribution < 1.29 is 9.53 Å². The average Bonchev–Trinajstić information content (AvgIpc) is 2.94. The number of anilines is 1. The van der Waals surface area contributed by atoms with Gasteiger partial charge in [0.1, 0.15) is 17.2 Å². The summed E-state index contributed by atoms with van der Waals surface area (Å²) in [6.45, 7) is 11.6. The van der Waals surface area contributed by atoms with Crippen LogP contribution in [0, 0.1) is 6.92 Å². The molecule has 1 fully saturated rings. The van der Waals surface area contributed by atoms with Gasteiger partial charge in [-0.05, 0) is 51.5 Å². The Morgan fingerprint density at radius 3 is 2.65 bits per heavy atom. The molecule has 1 aliphatic heterocycles. The summed E-state index contributed by atoms with van der Waals surface area (Å²) in [7, 11) is 0. The lowest BCUT2D eigenvalue weighted by molar-refractivity contribution is 0.0497. The number of hydrogen-bond acceptors (Lipinski definition) is 6. The first-order chi connectivity index (χ1) is 12.3. The van der Waals surface area contributed by atoms with E-state index in [-0.39, 0.29) is 12.1 Å². The fourth-order valence-electron chi connectivity index (χ4n) is 3.14. The van der Waals surface area contributed by atoms with Gasteiger partial charge in [-0.15, -0.1) is 11.3 Å².